The monoisotopic (exact) mass is 301 g/mol. The summed E-state index contributed by atoms with van der Waals surface area (Å²) in [6.07, 6.45) is 2.34. The highest BCUT2D eigenvalue weighted by Crippen LogP contribution is 2.30. The highest BCUT2D eigenvalue weighted by molar-refractivity contribution is 6.30. The number of aromatic nitrogens is 2. The molecule has 110 valence electrons. The second-order valence-electron chi connectivity index (χ2n) is 5.67. The van der Waals surface area contributed by atoms with Gasteiger partial charge in [-0.25, -0.2) is 9.97 Å². The van der Waals surface area contributed by atoms with E-state index in [4.69, 9.17) is 21.6 Å². The fourth-order valence-electron chi connectivity index (χ4n) is 3.18. The normalized spacial score (nSPS) is 16.1. The van der Waals surface area contributed by atoms with E-state index >= 15 is 0 Å². The number of nitrogens with one attached hydrogen (secondary N) is 1. The van der Waals surface area contributed by atoms with E-state index in [-0.39, 0.29) is 0 Å². The molecule has 1 aliphatic rings. The first-order valence-corrected chi connectivity index (χ1v) is 7.85. The van der Waals surface area contributed by atoms with Crippen molar-refractivity contribution in [3.05, 3.63) is 46.2 Å². The lowest BCUT2D eigenvalue weighted by Gasteiger charge is -2.25. The van der Waals surface area contributed by atoms with Crippen LogP contribution < -0.4 is 5.32 Å². The number of rotatable bonds is 2. The lowest BCUT2D eigenvalue weighted by Crippen LogP contribution is -2.27. The van der Waals surface area contributed by atoms with Crippen molar-refractivity contribution < 1.29 is 0 Å². The molecule has 0 unspecified atom stereocenters. The van der Waals surface area contributed by atoms with Crippen molar-refractivity contribution in [2.24, 2.45) is 0 Å². The van der Waals surface area contributed by atoms with Gasteiger partial charge in [0, 0.05) is 22.0 Å². The molecule has 2 heterocycles. The van der Waals surface area contributed by atoms with Gasteiger partial charge in [-0.2, -0.15) is 0 Å². The first kappa shape index (κ1) is 14.5. The van der Waals surface area contributed by atoms with Crippen molar-refractivity contribution >= 4 is 11.6 Å². The Morgan fingerprint density at radius 2 is 1.76 bits per heavy atom. The van der Waals surface area contributed by atoms with Crippen LogP contribution in [0.3, 0.4) is 0 Å². The minimum absolute atomic E-state index is 0.583. The zero-order valence-corrected chi connectivity index (χ0v) is 13.2. The first-order valence-electron chi connectivity index (χ1n) is 7.47. The standard InChI is InChI=1S/C17H20ClN3/c1-11-16(13-6-8-19-9-7-13)12(2)21-17(20-11)14-4-3-5-15(18)10-14/h3-5,10,13,19H,6-9H2,1-2H3. The van der Waals surface area contributed by atoms with Crippen LogP contribution in [0.1, 0.15) is 35.7 Å². The van der Waals surface area contributed by atoms with Gasteiger partial charge in [0.2, 0.25) is 0 Å². The van der Waals surface area contributed by atoms with Gasteiger partial charge >= 0.3 is 0 Å². The maximum absolute atomic E-state index is 6.06. The van der Waals surface area contributed by atoms with Gasteiger partial charge in [0.15, 0.2) is 5.82 Å². The van der Waals surface area contributed by atoms with E-state index in [1.54, 1.807) is 0 Å². The zero-order valence-electron chi connectivity index (χ0n) is 12.5. The van der Waals surface area contributed by atoms with Crippen LogP contribution in [0.25, 0.3) is 11.4 Å². The number of halogens is 1. The molecule has 1 aliphatic heterocycles. The number of piperidine rings is 1. The van der Waals surface area contributed by atoms with Gasteiger partial charge in [-0.1, -0.05) is 23.7 Å². The summed E-state index contributed by atoms with van der Waals surface area (Å²) < 4.78 is 0. The van der Waals surface area contributed by atoms with E-state index < -0.39 is 0 Å². The average molecular weight is 302 g/mol. The number of hydrogen-bond acceptors (Lipinski definition) is 3. The van der Waals surface area contributed by atoms with E-state index in [1.165, 1.54) is 18.4 Å². The molecular formula is C17H20ClN3. The van der Waals surface area contributed by atoms with E-state index in [9.17, 15) is 0 Å². The molecule has 0 amide bonds. The quantitative estimate of drug-likeness (QED) is 0.914. The predicted molar refractivity (Wildman–Crippen MR) is 86.8 cm³/mol. The molecule has 0 saturated carbocycles. The van der Waals surface area contributed by atoms with Gasteiger partial charge in [0.25, 0.3) is 0 Å². The van der Waals surface area contributed by atoms with Crippen LogP contribution in [-0.2, 0) is 0 Å². The highest BCUT2D eigenvalue weighted by Gasteiger charge is 2.21. The number of benzene rings is 1. The summed E-state index contributed by atoms with van der Waals surface area (Å²) >= 11 is 6.06. The summed E-state index contributed by atoms with van der Waals surface area (Å²) in [5, 5.41) is 4.13. The van der Waals surface area contributed by atoms with Gasteiger partial charge in [0.05, 0.1) is 0 Å². The summed E-state index contributed by atoms with van der Waals surface area (Å²) in [5.41, 5.74) is 4.52. The van der Waals surface area contributed by atoms with Crippen molar-refractivity contribution in [2.75, 3.05) is 13.1 Å². The number of aryl methyl sites for hydroxylation is 2. The molecule has 1 aromatic heterocycles. The SMILES string of the molecule is Cc1nc(-c2cccc(Cl)c2)nc(C)c1C1CCNCC1. The summed E-state index contributed by atoms with van der Waals surface area (Å²) in [4.78, 5) is 9.46. The fourth-order valence-corrected chi connectivity index (χ4v) is 3.37. The lowest BCUT2D eigenvalue weighted by atomic mass is 9.88. The van der Waals surface area contributed by atoms with Crippen molar-refractivity contribution in [1.82, 2.24) is 15.3 Å². The predicted octanol–water partition coefficient (Wildman–Crippen LogP) is 3.88. The molecule has 3 nitrogen and oxygen atoms in total. The van der Waals surface area contributed by atoms with Crippen molar-refractivity contribution in [3.8, 4) is 11.4 Å². The molecule has 4 heteroatoms. The molecule has 3 rings (SSSR count). The van der Waals surface area contributed by atoms with Crippen LogP contribution in [-0.4, -0.2) is 23.1 Å². The third kappa shape index (κ3) is 3.09. The third-order valence-corrected chi connectivity index (χ3v) is 4.39. The molecular weight excluding hydrogens is 282 g/mol. The number of nitrogens with zero attached hydrogens (tertiary/aromatic N) is 2. The van der Waals surface area contributed by atoms with Gasteiger partial charge in [0.1, 0.15) is 0 Å². The summed E-state index contributed by atoms with van der Waals surface area (Å²) in [6.45, 7) is 6.36. The largest absolute Gasteiger partial charge is 0.317 e. The minimum Gasteiger partial charge on any atom is -0.317 e. The average Bonchev–Trinajstić information content (AvgIpc) is 2.47. The van der Waals surface area contributed by atoms with E-state index in [1.807, 2.05) is 24.3 Å². The minimum atomic E-state index is 0.583. The Hall–Kier alpha value is -1.45. The molecule has 0 bridgehead atoms. The summed E-state index contributed by atoms with van der Waals surface area (Å²) in [7, 11) is 0. The van der Waals surface area contributed by atoms with Crippen LogP contribution in [0.5, 0.6) is 0 Å². The van der Waals surface area contributed by atoms with Crippen LogP contribution in [0.4, 0.5) is 0 Å². The molecule has 0 radical (unpaired) electrons. The summed E-state index contributed by atoms with van der Waals surface area (Å²) in [6, 6.07) is 7.73. The maximum Gasteiger partial charge on any atom is 0.159 e. The third-order valence-electron chi connectivity index (χ3n) is 4.16. The maximum atomic E-state index is 6.06. The van der Waals surface area contributed by atoms with Crippen LogP contribution in [0, 0.1) is 13.8 Å². The zero-order chi connectivity index (χ0) is 14.8. The van der Waals surface area contributed by atoms with Crippen LogP contribution in [0.2, 0.25) is 5.02 Å². The van der Waals surface area contributed by atoms with E-state index in [0.717, 1.165) is 35.9 Å². The van der Waals surface area contributed by atoms with E-state index in [0.29, 0.717) is 10.9 Å². The molecule has 21 heavy (non-hydrogen) atoms. The van der Waals surface area contributed by atoms with Crippen molar-refractivity contribution in [2.45, 2.75) is 32.6 Å². The lowest BCUT2D eigenvalue weighted by molar-refractivity contribution is 0.455. The van der Waals surface area contributed by atoms with Gasteiger partial charge < -0.3 is 5.32 Å². The molecule has 0 aliphatic carbocycles. The van der Waals surface area contributed by atoms with E-state index in [2.05, 4.69) is 19.2 Å². The highest BCUT2D eigenvalue weighted by atomic mass is 35.5. The Balaban J connectivity index is 1.99. The molecule has 1 aromatic carbocycles. The molecule has 0 spiro atoms. The fraction of sp³-hybridized carbons (Fsp3) is 0.412. The second-order valence-corrected chi connectivity index (χ2v) is 6.10. The van der Waals surface area contributed by atoms with Crippen molar-refractivity contribution in [1.29, 1.82) is 0 Å². The van der Waals surface area contributed by atoms with Crippen LogP contribution >= 0.6 is 11.6 Å². The smallest absolute Gasteiger partial charge is 0.159 e. The molecule has 0 atom stereocenters. The van der Waals surface area contributed by atoms with Gasteiger partial charge in [-0.05, 0) is 63.4 Å². The van der Waals surface area contributed by atoms with Crippen molar-refractivity contribution in [3.63, 3.8) is 0 Å². The molecule has 1 saturated heterocycles. The Morgan fingerprint density at radius 1 is 1.10 bits per heavy atom. The Kier molecular flexibility index (Phi) is 4.22. The first-order chi connectivity index (χ1) is 10.1. The Morgan fingerprint density at radius 3 is 2.38 bits per heavy atom. The molecule has 2 aromatic rings. The van der Waals surface area contributed by atoms with Crippen LogP contribution in [0.15, 0.2) is 24.3 Å². The van der Waals surface area contributed by atoms with Gasteiger partial charge in [-0.3, -0.25) is 0 Å². The second kappa shape index (κ2) is 6.12. The Bertz CT molecular complexity index is 625. The Labute approximate surface area is 130 Å². The number of hydrogen-bond donors (Lipinski definition) is 1. The van der Waals surface area contributed by atoms with Gasteiger partial charge in [-0.15, -0.1) is 0 Å². The molecule has 1 fully saturated rings. The summed E-state index contributed by atoms with van der Waals surface area (Å²) in [5.74, 6) is 1.35. The molecule has 1 N–H and O–H groups in total. The topological polar surface area (TPSA) is 37.8 Å².